The van der Waals surface area contributed by atoms with Crippen LogP contribution in [0.3, 0.4) is 0 Å². The summed E-state index contributed by atoms with van der Waals surface area (Å²) in [4.78, 5) is 0. The summed E-state index contributed by atoms with van der Waals surface area (Å²) in [5, 5.41) is 0. The zero-order valence-corrected chi connectivity index (χ0v) is 8.97. The normalized spacial score (nSPS) is 20.2. The summed E-state index contributed by atoms with van der Waals surface area (Å²) in [7, 11) is 0. The predicted octanol–water partition coefficient (Wildman–Crippen LogP) is 2.81. The zero-order chi connectivity index (χ0) is 9.03. The third-order valence-electron chi connectivity index (χ3n) is 3.99. The molecule has 0 N–H and O–H groups in total. The van der Waals surface area contributed by atoms with Crippen molar-refractivity contribution < 1.29 is 4.48 Å². The molecular formula is C11H24N+. The van der Waals surface area contributed by atoms with Gasteiger partial charge in [-0.3, -0.25) is 0 Å². The van der Waals surface area contributed by atoms with Gasteiger partial charge in [-0.05, 0) is 46.5 Å². The van der Waals surface area contributed by atoms with E-state index in [1.165, 1.54) is 49.8 Å². The van der Waals surface area contributed by atoms with Crippen molar-refractivity contribution in [3.05, 3.63) is 0 Å². The van der Waals surface area contributed by atoms with Gasteiger partial charge >= 0.3 is 0 Å². The van der Waals surface area contributed by atoms with Crippen LogP contribution in [0.15, 0.2) is 0 Å². The Bertz CT molecular complexity index is 113. The molecule has 1 fully saturated rings. The van der Waals surface area contributed by atoms with Crippen LogP contribution in [0.2, 0.25) is 0 Å². The van der Waals surface area contributed by atoms with E-state index in [-0.39, 0.29) is 0 Å². The van der Waals surface area contributed by atoms with Crippen molar-refractivity contribution in [3.8, 4) is 0 Å². The first-order valence-electron chi connectivity index (χ1n) is 5.64. The summed E-state index contributed by atoms with van der Waals surface area (Å²) >= 11 is 0. The molecule has 1 rings (SSSR count). The molecule has 1 heteroatoms. The summed E-state index contributed by atoms with van der Waals surface area (Å²) in [6.45, 7) is 11.1. The summed E-state index contributed by atoms with van der Waals surface area (Å²) < 4.78 is 1.38. The molecule has 1 aliphatic carbocycles. The monoisotopic (exact) mass is 170 g/mol. The lowest BCUT2D eigenvalue weighted by atomic mass is 10.1. The Morgan fingerprint density at radius 1 is 0.917 bits per heavy atom. The van der Waals surface area contributed by atoms with Crippen LogP contribution in [0.4, 0.5) is 0 Å². The quantitative estimate of drug-likeness (QED) is 0.569. The smallest absolute Gasteiger partial charge is 0.0890 e. The molecule has 0 aliphatic heterocycles. The van der Waals surface area contributed by atoms with Gasteiger partial charge in [0.25, 0.3) is 0 Å². The Kier molecular flexibility index (Phi) is 3.57. The minimum atomic E-state index is 0.991. The highest BCUT2D eigenvalue weighted by Crippen LogP contribution is 2.28. The number of rotatable bonds is 4. The van der Waals surface area contributed by atoms with E-state index < -0.39 is 0 Å². The van der Waals surface area contributed by atoms with Crippen LogP contribution in [0, 0.1) is 0 Å². The predicted molar refractivity (Wildman–Crippen MR) is 54.1 cm³/mol. The highest BCUT2D eigenvalue weighted by atomic mass is 15.4. The van der Waals surface area contributed by atoms with Crippen molar-refractivity contribution in [2.24, 2.45) is 0 Å². The van der Waals surface area contributed by atoms with E-state index in [1.54, 1.807) is 0 Å². The van der Waals surface area contributed by atoms with Gasteiger partial charge < -0.3 is 4.48 Å². The van der Waals surface area contributed by atoms with E-state index in [9.17, 15) is 0 Å². The van der Waals surface area contributed by atoms with E-state index in [0.717, 1.165) is 6.04 Å². The number of nitrogens with zero attached hydrogens (tertiary/aromatic N) is 1. The Balaban J connectivity index is 2.61. The first-order valence-corrected chi connectivity index (χ1v) is 5.64. The Hall–Kier alpha value is -0.0400. The van der Waals surface area contributed by atoms with Crippen molar-refractivity contribution >= 4 is 0 Å². The highest BCUT2D eigenvalue weighted by molar-refractivity contribution is 4.68. The molecule has 0 bridgehead atoms. The third kappa shape index (κ3) is 1.66. The first kappa shape index (κ1) is 10.0. The molecule has 1 aliphatic rings. The molecule has 12 heavy (non-hydrogen) atoms. The molecule has 0 aromatic heterocycles. The zero-order valence-electron chi connectivity index (χ0n) is 8.97. The fraction of sp³-hybridized carbons (Fsp3) is 1.00. The SMILES string of the molecule is CC[N+](CC)(CC)C1CCCC1. The summed E-state index contributed by atoms with van der Waals surface area (Å²) in [5.74, 6) is 0. The van der Waals surface area contributed by atoms with E-state index >= 15 is 0 Å². The lowest BCUT2D eigenvalue weighted by Crippen LogP contribution is -2.54. The van der Waals surface area contributed by atoms with E-state index in [0.29, 0.717) is 0 Å². The second kappa shape index (κ2) is 4.27. The first-order chi connectivity index (χ1) is 5.79. The fourth-order valence-electron chi connectivity index (χ4n) is 2.90. The van der Waals surface area contributed by atoms with Crippen molar-refractivity contribution in [1.82, 2.24) is 0 Å². The average Bonchev–Trinajstić information content (AvgIpc) is 2.62. The van der Waals surface area contributed by atoms with Crippen LogP contribution in [-0.2, 0) is 0 Å². The van der Waals surface area contributed by atoms with Gasteiger partial charge in [0.15, 0.2) is 0 Å². The molecule has 0 saturated heterocycles. The lowest BCUT2D eigenvalue weighted by molar-refractivity contribution is -0.946. The van der Waals surface area contributed by atoms with Crippen LogP contribution in [0.1, 0.15) is 46.5 Å². The maximum atomic E-state index is 2.35. The Morgan fingerprint density at radius 3 is 1.67 bits per heavy atom. The highest BCUT2D eigenvalue weighted by Gasteiger charge is 2.34. The summed E-state index contributed by atoms with van der Waals surface area (Å²) in [5.41, 5.74) is 0. The largest absolute Gasteiger partial charge is 0.322 e. The van der Waals surface area contributed by atoms with Crippen molar-refractivity contribution in [2.75, 3.05) is 19.6 Å². The average molecular weight is 170 g/mol. The summed E-state index contributed by atoms with van der Waals surface area (Å²) in [6, 6.07) is 0.991. The Morgan fingerprint density at radius 2 is 1.33 bits per heavy atom. The second-order valence-corrected chi connectivity index (χ2v) is 4.11. The molecule has 0 unspecified atom stereocenters. The standard InChI is InChI=1S/C11H24N/c1-4-12(5-2,6-3)11-9-7-8-10-11/h11H,4-10H2,1-3H3/q+1. The summed E-state index contributed by atoms with van der Waals surface area (Å²) in [6.07, 6.45) is 5.92. The van der Waals surface area contributed by atoms with Crippen LogP contribution >= 0.6 is 0 Å². The number of quaternary nitrogens is 1. The minimum Gasteiger partial charge on any atom is -0.322 e. The van der Waals surface area contributed by atoms with Gasteiger partial charge in [0.05, 0.1) is 25.7 Å². The van der Waals surface area contributed by atoms with Crippen LogP contribution in [0.5, 0.6) is 0 Å². The van der Waals surface area contributed by atoms with Crippen LogP contribution < -0.4 is 0 Å². The molecule has 1 saturated carbocycles. The van der Waals surface area contributed by atoms with Crippen molar-refractivity contribution in [3.63, 3.8) is 0 Å². The minimum absolute atomic E-state index is 0.991. The second-order valence-electron chi connectivity index (χ2n) is 4.11. The number of hydrogen-bond donors (Lipinski definition) is 0. The Labute approximate surface area is 77.4 Å². The number of hydrogen-bond acceptors (Lipinski definition) is 0. The molecule has 0 amide bonds. The molecule has 0 heterocycles. The molecule has 0 atom stereocenters. The topological polar surface area (TPSA) is 0 Å². The van der Waals surface area contributed by atoms with Gasteiger partial charge in [0, 0.05) is 0 Å². The van der Waals surface area contributed by atoms with Gasteiger partial charge in [0.2, 0.25) is 0 Å². The van der Waals surface area contributed by atoms with E-state index in [1.807, 2.05) is 0 Å². The van der Waals surface area contributed by atoms with Gasteiger partial charge in [-0.15, -0.1) is 0 Å². The van der Waals surface area contributed by atoms with Crippen LogP contribution in [0.25, 0.3) is 0 Å². The van der Waals surface area contributed by atoms with Gasteiger partial charge in [-0.2, -0.15) is 0 Å². The molecule has 0 aromatic carbocycles. The van der Waals surface area contributed by atoms with E-state index in [2.05, 4.69) is 20.8 Å². The third-order valence-corrected chi connectivity index (χ3v) is 3.99. The maximum absolute atomic E-state index is 2.35. The lowest BCUT2D eigenvalue weighted by Gasteiger charge is -2.41. The van der Waals surface area contributed by atoms with Crippen molar-refractivity contribution in [1.29, 1.82) is 0 Å². The van der Waals surface area contributed by atoms with Gasteiger partial charge in [-0.1, -0.05) is 0 Å². The molecule has 0 aromatic rings. The molecule has 0 radical (unpaired) electrons. The van der Waals surface area contributed by atoms with E-state index in [4.69, 9.17) is 0 Å². The van der Waals surface area contributed by atoms with Gasteiger partial charge in [-0.25, -0.2) is 0 Å². The molecule has 0 spiro atoms. The maximum Gasteiger partial charge on any atom is 0.0890 e. The van der Waals surface area contributed by atoms with Gasteiger partial charge in [0.1, 0.15) is 0 Å². The molecule has 1 nitrogen and oxygen atoms in total. The van der Waals surface area contributed by atoms with Crippen LogP contribution in [-0.4, -0.2) is 30.2 Å². The van der Waals surface area contributed by atoms with Crippen molar-refractivity contribution in [2.45, 2.75) is 52.5 Å². The molecule has 72 valence electrons. The fourth-order valence-corrected chi connectivity index (χ4v) is 2.90. The molecular weight excluding hydrogens is 146 g/mol.